The molecule has 0 saturated heterocycles. The van der Waals surface area contributed by atoms with Crippen LogP contribution in [0.4, 0.5) is 5.13 Å². The summed E-state index contributed by atoms with van der Waals surface area (Å²) >= 11 is 1.29. The number of carboxylic acid groups (broad SMARTS) is 1. The number of halogens is 1. The Labute approximate surface area is 94.1 Å². The molecule has 3 N–H and O–H groups in total. The van der Waals surface area contributed by atoms with Gasteiger partial charge in [0.15, 0.2) is 5.13 Å². The number of anilines is 1. The average molecular weight is 275 g/mol. The third kappa shape index (κ3) is 1.85. The molecule has 0 fully saturated rings. The van der Waals surface area contributed by atoms with Gasteiger partial charge in [-0.15, -0.1) is 17.0 Å². The molecule has 14 heavy (non-hydrogen) atoms. The smallest absolute Gasteiger partial charge is 0.335 e. The van der Waals surface area contributed by atoms with Crippen molar-refractivity contribution in [3.63, 3.8) is 0 Å². The van der Waals surface area contributed by atoms with E-state index in [-0.39, 0.29) is 22.5 Å². The molecule has 0 unspecified atom stereocenters. The number of hydrogen-bond acceptors (Lipinski definition) is 4. The van der Waals surface area contributed by atoms with Crippen molar-refractivity contribution >= 4 is 49.6 Å². The predicted octanol–water partition coefficient (Wildman–Crippen LogP) is 2.15. The van der Waals surface area contributed by atoms with Crippen LogP contribution in [-0.2, 0) is 0 Å². The third-order valence-corrected chi connectivity index (χ3v) is 2.50. The average Bonchev–Trinajstić information content (AvgIpc) is 2.42. The molecule has 1 heterocycles. The maximum Gasteiger partial charge on any atom is 0.335 e. The van der Waals surface area contributed by atoms with Crippen LogP contribution in [0.5, 0.6) is 0 Å². The Hall–Kier alpha value is -1.14. The molecule has 0 aliphatic heterocycles. The van der Waals surface area contributed by atoms with Gasteiger partial charge in [0, 0.05) is 0 Å². The van der Waals surface area contributed by atoms with Crippen molar-refractivity contribution < 1.29 is 9.90 Å². The minimum absolute atomic E-state index is 0. The zero-order valence-corrected chi connectivity index (χ0v) is 9.46. The van der Waals surface area contributed by atoms with Crippen molar-refractivity contribution in [1.29, 1.82) is 0 Å². The summed E-state index contributed by atoms with van der Waals surface area (Å²) in [5, 5.41) is 9.16. The Balaban J connectivity index is 0.000000980. The molecule has 2 aromatic rings. The van der Waals surface area contributed by atoms with Gasteiger partial charge in [-0.25, -0.2) is 9.78 Å². The highest BCUT2D eigenvalue weighted by Crippen LogP contribution is 2.24. The number of nitrogen functional groups attached to an aromatic ring is 1. The fraction of sp³-hybridized carbons (Fsp3) is 0. The highest BCUT2D eigenvalue weighted by Gasteiger charge is 2.06. The number of benzene rings is 1. The minimum Gasteiger partial charge on any atom is -0.478 e. The van der Waals surface area contributed by atoms with Crippen molar-refractivity contribution in [2.75, 3.05) is 5.73 Å². The largest absolute Gasteiger partial charge is 0.478 e. The van der Waals surface area contributed by atoms with E-state index in [1.54, 1.807) is 12.1 Å². The van der Waals surface area contributed by atoms with Crippen LogP contribution in [0.2, 0.25) is 0 Å². The van der Waals surface area contributed by atoms with Gasteiger partial charge in [0.2, 0.25) is 0 Å². The van der Waals surface area contributed by atoms with Crippen molar-refractivity contribution in [3.8, 4) is 0 Å². The van der Waals surface area contributed by atoms with Gasteiger partial charge in [-0.2, -0.15) is 0 Å². The lowest BCUT2D eigenvalue weighted by Crippen LogP contribution is -1.94. The first kappa shape index (κ1) is 10.9. The molecule has 0 spiro atoms. The number of nitrogens with zero attached hydrogens (tertiary/aromatic N) is 1. The summed E-state index contributed by atoms with van der Waals surface area (Å²) in [5.41, 5.74) is 6.48. The molecule has 0 aliphatic rings. The lowest BCUT2D eigenvalue weighted by molar-refractivity contribution is 0.0697. The van der Waals surface area contributed by atoms with Crippen molar-refractivity contribution in [2.45, 2.75) is 0 Å². The highest BCUT2D eigenvalue weighted by atomic mass is 79.9. The number of hydrogen-bond donors (Lipinski definition) is 2. The summed E-state index contributed by atoms with van der Waals surface area (Å²) < 4.78 is 0.803. The van der Waals surface area contributed by atoms with Crippen LogP contribution in [0.15, 0.2) is 18.2 Å². The zero-order valence-electron chi connectivity index (χ0n) is 6.93. The van der Waals surface area contributed by atoms with Crippen LogP contribution < -0.4 is 5.73 Å². The molecule has 74 valence electrons. The Kier molecular flexibility index (Phi) is 3.07. The first-order chi connectivity index (χ1) is 6.16. The van der Waals surface area contributed by atoms with Gasteiger partial charge in [-0.05, 0) is 18.2 Å². The molecule has 1 aromatic heterocycles. The molecule has 0 atom stereocenters. The van der Waals surface area contributed by atoms with Crippen molar-refractivity contribution in [2.24, 2.45) is 0 Å². The highest BCUT2D eigenvalue weighted by molar-refractivity contribution is 8.93. The topological polar surface area (TPSA) is 76.2 Å². The van der Waals surface area contributed by atoms with E-state index >= 15 is 0 Å². The van der Waals surface area contributed by atoms with Crippen molar-refractivity contribution in [1.82, 2.24) is 4.98 Å². The summed E-state index contributed by atoms with van der Waals surface area (Å²) in [4.78, 5) is 14.6. The van der Waals surface area contributed by atoms with Gasteiger partial charge in [0.05, 0.1) is 15.8 Å². The lowest BCUT2D eigenvalue weighted by atomic mass is 10.2. The summed E-state index contributed by atoms with van der Waals surface area (Å²) in [7, 11) is 0. The van der Waals surface area contributed by atoms with E-state index in [1.165, 1.54) is 17.4 Å². The van der Waals surface area contributed by atoms with E-state index < -0.39 is 5.97 Å². The third-order valence-electron chi connectivity index (χ3n) is 1.65. The second-order valence-corrected chi connectivity index (χ2v) is 3.60. The number of carbonyl (C=O) groups is 1. The Morgan fingerprint density at radius 2 is 2.21 bits per heavy atom. The van der Waals surface area contributed by atoms with Crippen LogP contribution in [0.3, 0.4) is 0 Å². The SMILES string of the molecule is Br.Nc1nc2ccc(C(=O)O)cc2s1. The summed E-state index contributed by atoms with van der Waals surface area (Å²) in [6, 6.07) is 4.75. The Morgan fingerprint density at radius 3 is 2.86 bits per heavy atom. The monoisotopic (exact) mass is 274 g/mol. The molecule has 0 saturated carbocycles. The second kappa shape index (κ2) is 3.93. The predicted molar refractivity (Wildman–Crippen MR) is 61.3 cm³/mol. The summed E-state index contributed by atoms with van der Waals surface area (Å²) in [5.74, 6) is -0.936. The van der Waals surface area contributed by atoms with Gasteiger partial charge in [0.25, 0.3) is 0 Å². The van der Waals surface area contributed by atoms with Gasteiger partial charge in [-0.3, -0.25) is 0 Å². The van der Waals surface area contributed by atoms with Gasteiger partial charge >= 0.3 is 5.97 Å². The molecule has 0 amide bonds. The first-order valence-electron chi connectivity index (χ1n) is 3.56. The van der Waals surface area contributed by atoms with E-state index in [9.17, 15) is 4.79 Å². The van der Waals surface area contributed by atoms with E-state index in [2.05, 4.69) is 4.98 Å². The lowest BCUT2D eigenvalue weighted by Gasteiger charge is -1.91. The molecule has 0 bridgehead atoms. The fourth-order valence-corrected chi connectivity index (χ4v) is 1.85. The fourth-order valence-electron chi connectivity index (χ4n) is 1.08. The van der Waals surface area contributed by atoms with Gasteiger partial charge in [-0.1, -0.05) is 11.3 Å². The molecular weight excluding hydrogens is 268 g/mol. The maximum absolute atomic E-state index is 10.6. The van der Waals surface area contributed by atoms with Gasteiger partial charge < -0.3 is 10.8 Å². The van der Waals surface area contributed by atoms with E-state index in [0.717, 1.165) is 10.2 Å². The van der Waals surface area contributed by atoms with Crippen LogP contribution in [0, 0.1) is 0 Å². The van der Waals surface area contributed by atoms with Crippen LogP contribution >= 0.6 is 28.3 Å². The molecule has 0 aliphatic carbocycles. The zero-order chi connectivity index (χ0) is 9.42. The molecular formula is C8H7BrN2O2S. The normalized spacial score (nSPS) is 9.71. The summed E-state index contributed by atoms with van der Waals surface area (Å²) in [6.45, 7) is 0. The maximum atomic E-state index is 10.6. The number of thiazole rings is 1. The van der Waals surface area contributed by atoms with Crippen LogP contribution in [-0.4, -0.2) is 16.1 Å². The standard InChI is InChI=1S/C8H6N2O2S.BrH/c9-8-10-5-2-1-4(7(11)12)3-6(5)13-8;/h1-3H,(H2,9,10)(H,11,12);1H. The molecule has 2 rings (SSSR count). The number of fused-ring (bicyclic) bond motifs is 1. The molecule has 0 radical (unpaired) electrons. The molecule has 6 heteroatoms. The van der Waals surface area contributed by atoms with Gasteiger partial charge in [0.1, 0.15) is 0 Å². The minimum atomic E-state index is -0.936. The molecule has 4 nitrogen and oxygen atoms in total. The van der Waals surface area contributed by atoms with Crippen LogP contribution in [0.25, 0.3) is 10.2 Å². The number of nitrogens with two attached hydrogens (primary N) is 1. The number of aromatic carboxylic acids is 1. The first-order valence-corrected chi connectivity index (χ1v) is 4.38. The quantitative estimate of drug-likeness (QED) is 0.836. The second-order valence-electron chi connectivity index (χ2n) is 2.54. The van der Waals surface area contributed by atoms with Crippen molar-refractivity contribution in [3.05, 3.63) is 23.8 Å². The van der Waals surface area contributed by atoms with E-state index in [4.69, 9.17) is 10.8 Å². The Morgan fingerprint density at radius 1 is 1.50 bits per heavy atom. The van der Waals surface area contributed by atoms with E-state index in [1.807, 2.05) is 0 Å². The number of aromatic nitrogens is 1. The Bertz CT molecular complexity index is 483. The van der Waals surface area contributed by atoms with E-state index in [0.29, 0.717) is 5.13 Å². The van der Waals surface area contributed by atoms with Crippen LogP contribution in [0.1, 0.15) is 10.4 Å². The number of carboxylic acids is 1. The number of rotatable bonds is 1. The molecule has 1 aromatic carbocycles. The summed E-state index contributed by atoms with van der Waals surface area (Å²) in [6.07, 6.45) is 0.